The Kier molecular flexibility index (Phi) is 5.05. The van der Waals surface area contributed by atoms with Crippen molar-refractivity contribution in [2.75, 3.05) is 47.5 Å². The fraction of sp³-hybridized carbons (Fsp3) is 0.647. The molecule has 0 aliphatic carbocycles. The summed E-state index contributed by atoms with van der Waals surface area (Å²) in [5.74, 6) is 6.44. The zero-order chi connectivity index (χ0) is 17.1. The maximum Gasteiger partial charge on any atom is 0.223 e. The van der Waals surface area contributed by atoms with Gasteiger partial charge in [-0.25, -0.2) is 9.97 Å². The van der Waals surface area contributed by atoms with Gasteiger partial charge in [0.05, 0.1) is 0 Å². The lowest BCUT2D eigenvalue weighted by molar-refractivity contribution is 0.369. The highest BCUT2D eigenvalue weighted by molar-refractivity contribution is 7.99. The van der Waals surface area contributed by atoms with Gasteiger partial charge in [-0.15, -0.1) is 0 Å². The normalized spacial score (nSPS) is 21.6. The third-order valence-corrected chi connectivity index (χ3v) is 5.80. The molecule has 4 rings (SSSR count). The minimum absolute atomic E-state index is 0.538. The van der Waals surface area contributed by atoms with Crippen molar-refractivity contribution in [2.45, 2.75) is 26.2 Å². The lowest BCUT2D eigenvalue weighted by Crippen LogP contribution is -2.37. The van der Waals surface area contributed by atoms with Gasteiger partial charge in [0.2, 0.25) is 5.89 Å². The van der Waals surface area contributed by atoms with Crippen molar-refractivity contribution in [3.05, 3.63) is 24.1 Å². The maximum atomic E-state index is 5.10. The number of thioether (sulfide) groups is 1. The summed E-state index contributed by atoms with van der Waals surface area (Å²) in [7, 11) is 0. The van der Waals surface area contributed by atoms with Gasteiger partial charge in [0.1, 0.15) is 18.0 Å². The molecule has 2 aromatic heterocycles. The van der Waals surface area contributed by atoms with E-state index in [2.05, 4.69) is 36.0 Å². The number of piperidine rings is 1. The van der Waals surface area contributed by atoms with Crippen molar-refractivity contribution in [2.24, 2.45) is 5.92 Å². The Morgan fingerprint density at radius 3 is 2.72 bits per heavy atom. The summed E-state index contributed by atoms with van der Waals surface area (Å²) in [5, 5.41) is 4.04. The maximum absolute atomic E-state index is 5.10. The van der Waals surface area contributed by atoms with Crippen molar-refractivity contribution in [1.29, 1.82) is 0 Å². The van der Waals surface area contributed by atoms with Crippen molar-refractivity contribution < 1.29 is 4.52 Å². The van der Waals surface area contributed by atoms with Crippen LogP contribution in [0.5, 0.6) is 0 Å². The van der Waals surface area contributed by atoms with E-state index in [1.807, 2.05) is 18.7 Å². The molecule has 25 heavy (non-hydrogen) atoms. The number of rotatable bonds is 4. The molecule has 1 atom stereocenters. The second kappa shape index (κ2) is 7.59. The first kappa shape index (κ1) is 16.6. The fourth-order valence-electron chi connectivity index (χ4n) is 3.60. The molecule has 0 radical (unpaired) electrons. The van der Waals surface area contributed by atoms with Crippen LogP contribution in [0.25, 0.3) is 0 Å². The predicted octanol–water partition coefficient (Wildman–Crippen LogP) is 2.18. The summed E-state index contributed by atoms with van der Waals surface area (Å²) < 4.78 is 5.10. The first-order valence-electron chi connectivity index (χ1n) is 8.97. The lowest BCUT2D eigenvalue weighted by Gasteiger charge is -2.34. The highest BCUT2D eigenvalue weighted by Crippen LogP contribution is 2.26. The molecule has 2 saturated heterocycles. The summed E-state index contributed by atoms with van der Waals surface area (Å²) in [6, 6.07) is 2.15. The van der Waals surface area contributed by atoms with Crippen LogP contribution in [0.15, 0.2) is 16.9 Å². The molecule has 0 N–H and O–H groups in total. The molecule has 0 saturated carbocycles. The molecule has 4 heterocycles. The minimum Gasteiger partial charge on any atom is -0.356 e. The average Bonchev–Trinajstić information content (AvgIpc) is 3.07. The van der Waals surface area contributed by atoms with Gasteiger partial charge in [0.15, 0.2) is 5.82 Å². The van der Waals surface area contributed by atoms with Crippen LogP contribution < -0.4 is 9.80 Å². The van der Waals surface area contributed by atoms with Crippen LogP contribution in [-0.4, -0.2) is 57.8 Å². The quantitative estimate of drug-likeness (QED) is 0.822. The van der Waals surface area contributed by atoms with E-state index in [1.165, 1.54) is 24.3 Å². The third-order valence-electron chi connectivity index (χ3n) is 4.86. The summed E-state index contributed by atoms with van der Waals surface area (Å²) in [6.07, 6.45) is 4.94. The number of hydrogen-bond donors (Lipinski definition) is 0. The van der Waals surface area contributed by atoms with Crippen LogP contribution in [0.1, 0.15) is 24.6 Å². The summed E-state index contributed by atoms with van der Waals surface area (Å²) in [5.41, 5.74) is 0. The predicted molar refractivity (Wildman–Crippen MR) is 99.2 cm³/mol. The van der Waals surface area contributed by atoms with Gasteiger partial charge in [-0.05, 0) is 18.8 Å². The topological polar surface area (TPSA) is 71.2 Å². The Morgan fingerprint density at radius 2 is 1.96 bits per heavy atom. The highest BCUT2D eigenvalue weighted by Gasteiger charge is 2.24. The van der Waals surface area contributed by atoms with Crippen LogP contribution in [0.4, 0.5) is 11.6 Å². The van der Waals surface area contributed by atoms with E-state index in [9.17, 15) is 0 Å². The van der Waals surface area contributed by atoms with E-state index < -0.39 is 0 Å². The van der Waals surface area contributed by atoms with Crippen LogP contribution in [-0.2, 0) is 6.42 Å². The highest BCUT2D eigenvalue weighted by atomic mass is 32.2. The van der Waals surface area contributed by atoms with Gasteiger partial charge < -0.3 is 14.3 Å². The largest absolute Gasteiger partial charge is 0.356 e. The monoisotopic (exact) mass is 360 g/mol. The molecule has 0 aromatic carbocycles. The number of aromatic nitrogens is 4. The second-order valence-corrected chi connectivity index (χ2v) is 7.95. The Bertz CT molecular complexity index is 702. The molecule has 134 valence electrons. The molecular formula is C17H24N6OS. The van der Waals surface area contributed by atoms with Crippen LogP contribution in [0, 0.1) is 12.8 Å². The number of aryl methyl sites for hydroxylation is 1. The Balaban J connectivity index is 1.43. The smallest absolute Gasteiger partial charge is 0.223 e. The first-order valence-corrected chi connectivity index (χ1v) is 10.1. The van der Waals surface area contributed by atoms with E-state index in [-0.39, 0.29) is 0 Å². The fourth-order valence-corrected chi connectivity index (χ4v) is 4.50. The van der Waals surface area contributed by atoms with Crippen LogP contribution in [0.3, 0.4) is 0 Å². The lowest BCUT2D eigenvalue weighted by atomic mass is 9.94. The summed E-state index contributed by atoms with van der Waals surface area (Å²) in [4.78, 5) is 18.1. The summed E-state index contributed by atoms with van der Waals surface area (Å²) >= 11 is 2.01. The number of hydrogen-bond acceptors (Lipinski definition) is 8. The Morgan fingerprint density at radius 1 is 1.16 bits per heavy atom. The van der Waals surface area contributed by atoms with Crippen molar-refractivity contribution in [3.63, 3.8) is 0 Å². The van der Waals surface area contributed by atoms with Gasteiger partial charge >= 0.3 is 0 Å². The van der Waals surface area contributed by atoms with Gasteiger partial charge in [-0.2, -0.15) is 16.7 Å². The molecule has 1 unspecified atom stereocenters. The molecule has 0 spiro atoms. The van der Waals surface area contributed by atoms with Crippen molar-refractivity contribution in [1.82, 2.24) is 20.1 Å². The SMILES string of the molecule is Cc1nc(CC2CCCN(c3cc(N4CCSCC4)ncn3)C2)no1. The Hall–Kier alpha value is -1.83. The average molecular weight is 360 g/mol. The van der Waals surface area contributed by atoms with Gasteiger partial charge in [0, 0.05) is 57.1 Å². The van der Waals surface area contributed by atoms with Gasteiger partial charge in [0.25, 0.3) is 0 Å². The molecule has 0 amide bonds. The van der Waals surface area contributed by atoms with Crippen LogP contribution >= 0.6 is 11.8 Å². The van der Waals surface area contributed by atoms with E-state index >= 15 is 0 Å². The van der Waals surface area contributed by atoms with Gasteiger partial charge in [-0.1, -0.05) is 5.16 Å². The molecule has 7 nitrogen and oxygen atoms in total. The first-order chi connectivity index (χ1) is 12.3. The molecule has 2 aliphatic heterocycles. The van der Waals surface area contributed by atoms with Crippen LogP contribution in [0.2, 0.25) is 0 Å². The van der Waals surface area contributed by atoms with Crippen molar-refractivity contribution >= 4 is 23.4 Å². The molecule has 2 aromatic rings. The third kappa shape index (κ3) is 4.05. The zero-order valence-electron chi connectivity index (χ0n) is 14.6. The van der Waals surface area contributed by atoms with E-state index in [1.54, 1.807) is 6.33 Å². The van der Waals surface area contributed by atoms with Crippen molar-refractivity contribution in [3.8, 4) is 0 Å². The molecule has 2 aliphatic rings. The van der Waals surface area contributed by atoms with Gasteiger partial charge in [-0.3, -0.25) is 0 Å². The standard InChI is InChI=1S/C17H24N6OS/c1-13-20-15(21-24-13)9-14-3-2-4-23(11-14)17-10-16(18-12-19-17)22-5-7-25-8-6-22/h10,12,14H,2-9,11H2,1H3. The minimum atomic E-state index is 0.538. The second-order valence-electron chi connectivity index (χ2n) is 6.72. The molecular weight excluding hydrogens is 336 g/mol. The molecule has 0 bridgehead atoms. The van der Waals surface area contributed by atoms with E-state index in [0.29, 0.717) is 11.8 Å². The summed E-state index contributed by atoms with van der Waals surface area (Å²) in [6.45, 7) is 6.01. The molecule has 2 fully saturated rings. The van der Waals surface area contributed by atoms with E-state index in [4.69, 9.17) is 4.52 Å². The Labute approximate surface area is 152 Å². The van der Waals surface area contributed by atoms with E-state index in [0.717, 1.165) is 50.1 Å². The number of anilines is 2. The molecule has 8 heteroatoms. The number of nitrogens with zero attached hydrogens (tertiary/aromatic N) is 6. The zero-order valence-corrected chi connectivity index (χ0v) is 15.4.